The number of sulfonamides is 1. The van der Waals surface area contributed by atoms with Crippen molar-refractivity contribution in [2.24, 2.45) is 11.8 Å². The summed E-state index contributed by atoms with van der Waals surface area (Å²) < 4.78 is 29.3. The summed E-state index contributed by atoms with van der Waals surface area (Å²) >= 11 is 6.64. The van der Waals surface area contributed by atoms with Gasteiger partial charge in [-0.05, 0) is 65.2 Å². The van der Waals surface area contributed by atoms with E-state index in [1.807, 2.05) is 6.07 Å². The van der Waals surface area contributed by atoms with Crippen LogP contribution in [0, 0.1) is 11.8 Å². The van der Waals surface area contributed by atoms with E-state index in [0.717, 1.165) is 23.7 Å². The van der Waals surface area contributed by atoms with E-state index in [1.54, 1.807) is 12.1 Å². The summed E-state index contributed by atoms with van der Waals surface area (Å²) in [6, 6.07) is 5.21. The molecule has 1 aliphatic rings. The Morgan fingerprint density at radius 1 is 1.20 bits per heavy atom. The molecule has 0 radical (unpaired) electrons. The predicted octanol–water partition coefficient (Wildman–Crippen LogP) is 4.31. The number of halogens is 2. The minimum absolute atomic E-state index is 0.0297. The topological polar surface area (TPSA) is 46.2 Å². The van der Waals surface area contributed by atoms with Gasteiger partial charge in [-0.2, -0.15) is 0 Å². The quantitative estimate of drug-likeness (QED) is 0.785. The minimum atomic E-state index is -3.49. The van der Waals surface area contributed by atoms with Crippen LogP contribution in [0.5, 0.6) is 0 Å². The molecule has 0 heterocycles. The van der Waals surface area contributed by atoms with E-state index in [0.29, 0.717) is 16.3 Å². The van der Waals surface area contributed by atoms with Gasteiger partial charge in [0.15, 0.2) is 0 Å². The number of hydrogen-bond donors (Lipinski definition) is 1. The van der Waals surface area contributed by atoms with Gasteiger partial charge in [-0.25, -0.2) is 13.1 Å². The zero-order valence-corrected chi connectivity index (χ0v) is 15.6. The standard InChI is InChI=1S/C14H19Br2NO2S/c1-9-3-6-13(10(2)7-9)17-20(18,19)14-8-11(15)4-5-12(14)16/h4-5,8-10,13,17H,3,6-7H2,1-2H3. The highest BCUT2D eigenvalue weighted by atomic mass is 79.9. The Bertz CT molecular complexity index is 589. The normalized spacial score (nSPS) is 27.5. The second kappa shape index (κ2) is 6.46. The van der Waals surface area contributed by atoms with Crippen molar-refractivity contribution in [3.63, 3.8) is 0 Å². The maximum absolute atomic E-state index is 12.5. The zero-order valence-electron chi connectivity index (χ0n) is 11.6. The average Bonchev–Trinajstić information content (AvgIpc) is 2.35. The van der Waals surface area contributed by atoms with Crippen LogP contribution >= 0.6 is 31.9 Å². The first kappa shape index (κ1) is 16.5. The van der Waals surface area contributed by atoms with Crippen molar-refractivity contribution in [3.8, 4) is 0 Å². The summed E-state index contributed by atoms with van der Waals surface area (Å²) in [6.07, 6.45) is 3.07. The Labute approximate surface area is 137 Å². The molecular formula is C14H19Br2NO2S. The molecule has 3 nitrogen and oxygen atoms in total. The predicted molar refractivity (Wildman–Crippen MR) is 88.1 cm³/mol. The molecular weight excluding hydrogens is 406 g/mol. The van der Waals surface area contributed by atoms with Gasteiger partial charge in [0, 0.05) is 15.0 Å². The highest BCUT2D eigenvalue weighted by Crippen LogP contribution is 2.31. The molecule has 3 unspecified atom stereocenters. The van der Waals surface area contributed by atoms with E-state index in [-0.39, 0.29) is 10.9 Å². The third kappa shape index (κ3) is 3.84. The monoisotopic (exact) mass is 423 g/mol. The Hall–Kier alpha value is 0.0900. The highest BCUT2D eigenvalue weighted by Gasteiger charge is 2.30. The summed E-state index contributed by atoms with van der Waals surface area (Å²) in [6.45, 7) is 4.35. The molecule has 1 N–H and O–H groups in total. The molecule has 1 aliphatic carbocycles. The average molecular weight is 425 g/mol. The van der Waals surface area contributed by atoms with Gasteiger partial charge < -0.3 is 0 Å². The molecule has 1 fully saturated rings. The molecule has 0 amide bonds. The SMILES string of the molecule is CC1CCC(NS(=O)(=O)c2cc(Br)ccc2Br)C(C)C1. The van der Waals surface area contributed by atoms with E-state index in [1.165, 1.54) is 0 Å². The van der Waals surface area contributed by atoms with Crippen molar-refractivity contribution in [1.82, 2.24) is 4.72 Å². The van der Waals surface area contributed by atoms with Gasteiger partial charge in [0.2, 0.25) is 10.0 Å². The maximum atomic E-state index is 12.5. The Kier molecular flexibility index (Phi) is 5.32. The molecule has 6 heteroatoms. The van der Waals surface area contributed by atoms with Crippen molar-refractivity contribution >= 4 is 41.9 Å². The second-order valence-electron chi connectivity index (χ2n) is 5.70. The molecule has 0 bridgehead atoms. The van der Waals surface area contributed by atoms with E-state index in [4.69, 9.17) is 0 Å². The Balaban J connectivity index is 2.21. The van der Waals surface area contributed by atoms with Gasteiger partial charge in [0.25, 0.3) is 0 Å². The first-order valence-electron chi connectivity index (χ1n) is 6.77. The molecule has 1 saturated carbocycles. The molecule has 112 valence electrons. The minimum Gasteiger partial charge on any atom is -0.208 e. The van der Waals surface area contributed by atoms with Crippen LogP contribution in [-0.4, -0.2) is 14.5 Å². The van der Waals surface area contributed by atoms with Gasteiger partial charge in [-0.15, -0.1) is 0 Å². The number of nitrogens with one attached hydrogen (secondary N) is 1. The van der Waals surface area contributed by atoms with Crippen molar-refractivity contribution in [2.75, 3.05) is 0 Å². The van der Waals surface area contributed by atoms with Crippen LogP contribution in [0.4, 0.5) is 0 Å². The number of rotatable bonds is 3. The van der Waals surface area contributed by atoms with Crippen LogP contribution in [0.3, 0.4) is 0 Å². The van der Waals surface area contributed by atoms with Crippen LogP contribution in [0.1, 0.15) is 33.1 Å². The highest BCUT2D eigenvalue weighted by molar-refractivity contribution is 9.11. The van der Waals surface area contributed by atoms with Crippen LogP contribution < -0.4 is 4.72 Å². The molecule has 0 aliphatic heterocycles. The lowest BCUT2D eigenvalue weighted by atomic mass is 9.80. The van der Waals surface area contributed by atoms with E-state index in [9.17, 15) is 8.42 Å². The van der Waals surface area contributed by atoms with Gasteiger partial charge >= 0.3 is 0 Å². The smallest absolute Gasteiger partial charge is 0.208 e. The molecule has 0 saturated heterocycles. The van der Waals surface area contributed by atoms with E-state index < -0.39 is 10.0 Å². The lowest BCUT2D eigenvalue weighted by Gasteiger charge is -2.33. The molecule has 3 atom stereocenters. The number of benzene rings is 1. The van der Waals surface area contributed by atoms with Gasteiger partial charge in [0.1, 0.15) is 0 Å². The molecule has 2 rings (SSSR count). The van der Waals surface area contributed by atoms with Crippen LogP contribution in [-0.2, 0) is 10.0 Å². The zero-order chi connectivity index (χ0) is 14.9. The summed E-state index contributed by atoms with van der Waals surface area (Å²) in [5, 5.41) is 0. The summed E-state index contributed by atoms with van der Waals surface area (Å²) in [5.74, 6) is 1.06. The molecule has 1 aromatic carbocycles. The first-order valence-corrected chi connectivity index (χ1v) is 9.84. The maximum Gasteiger partial charge on any atom is 0.241 e. The number of hydrogen-bond acceptors (Lipinski definition) is 2. The second-order valence-corrected chi connectivity index (χ2v) is 9.15. The van der Waals surface area contributed by atoms with E-state index in [2.05, 4.69) is 50.4 Å². The fraction of sp³-hybridized carbons (Fsp3) is 0.571. The van der Waals surface area contributed by atoms with Crippen molar-refractivity contribution in [1.29, 1.82) is 0 Å². The molecule has 0 aromatic heterocycles. The van der Waals surface area contributed by atoms with Gasteiger partial charge in [-0.3, -0.25) is 0 Å². The molecule has 20 heavy (non-hydrogen) atoms. The summed E-state index contributed by atoms with van der Waals surface area (Å²) in [5.41, 5.74) is 0. The molecule has 1 aromatic rings. The third-order valence-electron chi connectivity index (χ3n) is 3.92. The van der Waals surface area contributed by atoms with Crippen LogP contribution in [0.25, 0.3) is 0 Å². The lowest BCUT2D eigenvalue weighted by Crippen LogP contribution is -2.42. The fourth-order valence-corrected chi connectivity index (χ4v) is 5.67. The van der Waals surface area contributed by atoms with Crippen molar-refractivity contribution in [3.05, 3.63) is 27.1 Å². The summed E-state index contributed by atoms with van der Waals surface area (Å²) in [7, 11) is -3.49. The van der Waals surface area contributed by atoms with Crippen LogP contribution in [0.2, 0.25) is 0 Å². The lowest BCUT2D eigenvalue weighted by molar-refractivity contribution is 0.249. The summed E-state index contributed by atoms with van der Waals surface area (Å²) in [4.78, 5) is 0.290. The van der Waals surface area contributed by atoms with Gasteiger partial charge in [0.05, 0.1) is 4.90 Å². The van der Waals surface area contributed by atoms with Gasteiger partial charge in [-0.1, -0.05) is 29.8 Å². The Morgan fingerprint density at radius 3 is 2.55 bits per heavy atom. The first-order chi connectivity index (χ1) is 9.29. The molecule has 0 spiro atoms. The van der Waals surface area contributed by atoms with E-state index >= 15 is 0 Å². The largest absolute Gasteiger partial charge is 0.241 e. The van der Waals surface area contributed by atoms with Crippen LogP contribution in [0.15, 0.2) is 32.0 Å². The third-order valence-corrected chi connectivity index (χ3v) is 6.90. The van der Waals surface area contributed by atoms with Crippen molar-refractivity contribution < 1.29 is 8.42 Å². The fourth-order valence-electron chi connectivity index (χ4n) is 2.79. The van der Waals surface area contributed by atoms with Crippen molar-refractivity contribution in [2.45, 2.75) is 44.0 Å². The Morgan fingerprint density at radius 2 is 1.90 bits per heavy atom.